The first-order valence-electron chi connectivity index (χ1n) is 11.4. The van der Waals surface area contributed by atoms with Gasteiger partial charge < -0.3 is 19.0 Å². The van der Waals surface area contributed by atoms with Crippen LogP contribution in [-0.2, 0) is 26.6 Å². The number of aliphatic hydroxyl groups excluding tert-OH is 1. The molecule has 7 heteroatoms. The second-order valence-corrected chi connectivity index (χ2v) is 8.29. The minimum atomic E-state index is -2.37. The average Bonchev–Trinajstić information content (AvgIpc) is 3.09. The lowest BCUT2D eigenvalue weighted by Gasteiger charge is -2.08. The van der Waals surface area contributed by atoms with Crippen LogP contribution in [0.15, 0.2) is 71.7 Å². The van der Waals surface area contributed by atoms with Crippen LogP contribution in [-0.4, -0.2) is 27.3 Å². The van der Waals surface area contributed by atoms with Crippen LogP contribution in [0.25, 0.3) is 11.0 Å². The number of aliphatic hydroxyl groups is 1. The number of imidazole rings is 1. The van der Waals surface area contributed by atoms with Gasteiger partial charge in [-0.3, -0.25) is 0 Å². The van der Waals surface area contributed by atoms with Gasteiger partial charge in [-0.2, -0.15) is 0 Å². The zero-order chi connectivity index (χ0) is 24.1. The number of hydrogen-bond donors (Lipinski definition) is 1. The van der Waals surface area contributed by atoms with Crippen molar-refractivity contribution in [3.63, 3.8) is 0 Å². The molecule has 0 bridgehead atoms. The smallest absolute Gasteiger partial charge is 0.242 e. The van der Waals surface area contributed by atoms with Crippen LogP contribution in [0.4, 0.5) is 14.5 Å². The van der Waals surface area contributed by atoms with E-state index >= 15 is 0 Å². The average molecular weight is 466 g/mol. The molecule has 1 heterocycles. The maximum Gasteiger partial charge on any atom is 0.242 e. The molecule has 0 saturated heterocycles. The normalized spacial score (nSPS) is 12.1. The summed E-state index contributed by atoms with van der Waals surface area (Å²) in [6, 6.07) is 20.8. The summed E-state index contributed by atoms with van der Waals surface area (Å²) in [6.45, 7) is 3.31. The molecule has 1 aromatic heterocycles. The van der Waals surface area contributed by atoms with Gasteiger partial charge in [0.2, 0.25) is 12.0 Å². The van der Waals surface area contributed by atoms with E-state index in [9.17, 15) is 13.9 Å². The number of halogens is 2. The van der Waals surface area contributed by atoms with E-state index in [2.05, 4.69) is 11.5 Å². The van der Waals surface area contributed by atoms with Gasteiger partial charge in [-0.15, -0.1) is 0 Å². The lowest BCUT2D eigenvalue weighted by Crippen LogP contribution is -2.24. The Bertz CT molecular complexity index is 1310. The van der Waals surface area contributed by atoms with E-state index in [-0.39, 0.29) is 13.0 Å². The molecule has 34 heavy (non-hydrogen) atoms. The van der Waals surface area contributed by atoms with Crippen LogP contribution in [0.2, 0.25) is 0 Å². The van der Waals surface area contributed by atoms with Crippen LogP contribution < -0.4 is 10.4 Å². The maximum atomic E-state index is 12.7. The van der Waals surface area contributed by atoms with Crippen LogP contribution in [0.3, 0.4) is 0 Å². The van der Waals surface area contributed by atoms with E-state index in [0.717, 1.165) is 39.9 Å². The van der Waals surface area contributed by atoms with Crippen molar-refractivity contribution in [1.82, 2.24) is 9.13 Å². The fourth-order valence-electron chi connectivity index (χ4n) is 3.93. The molecule has 0 aliphatic carbocycles. The molecular weight excluding hydrogens is 436 g/mol. The van der Waals surface area contributed by atoms with E-state index in [1.807, 2.05) is 54.1 Å². The fraction of sp³-hybridized carbons (Fsp3) is 0.296. The molecule has 0 fully saturated rings. The van der Waals surface area contributed by atoms with Crippen molar-refractivity contribution in [2.24, 2.45) is 12.0 Å². The number of aryl methyl sites for hydroxylation is 1. The topological polar surface area (TPSA) is 51.7 Å². The van der Waals surface area contributed by atoms with Crippen molar-refractivity contribution >= 4 is 16.7 Å². The first kappa shape index (κ1) is 23.7. The standard InChI is InChI=1S/C27H29F2N3O2/c1-3-14-34-23-12-13-24-25(16-23)31(2)27(30-22-10-8-19(9-11-22)15-26(28)29)32(24)17-20-4-6-21(18-33)7-5-20/h4-13,16,26,33H,3,14-15,17-18H2,1-2H3. The highest BCUT2D eigenvalue weighted by Crippen LogP contribution is 2.22. The molecular formula is C27H29F2N3O2. The number of nitrogens with zero attached hydrogens (tertiary/aromatic N) is 3. The third-order valence-electron chi connectivity index (χ3n) is 5.71. The number of hydrogen-bond acceptors (Lipinski definition) is 3. The van der Waals surface area contributed by atoms with E-state index < -0.39 is 6.43 Å². The van der Waals surface area contributed by atoms with Gasteiger partial charge >= 0.3 is 0 Å². The molecule has 0 spiro atoms. The number of ether oxygens (including phenoxy) is 1. The maximum absolute atomic E-state index is 12.7. The molecule has 0 amide bonds. The Balaban J connectivity index is 1.81. The van der Waals surface area contributed by atoms with E-state index in [1.165, 1.54) is 0 Å². The lowest BCUT2D eigenvalue weighted by atomic mass is 10.1. The highest BCUT2D eigenvalue weighted by Gasteiger charge is 2.12. The second kappa shape index (κ2) is 10.7. The van der Waals surface area contributed by atoms with Crippen molar-refractivity contribution in [3.8, 4) is 5.75 Å². The van der Waals surface area contributed by atoms with Gasteiger partial charge in [0.05, 0.1) is 36.5 Å². The van der Waals surface area contributed by atoms with Crippen molar-refractivity contribution in [1.29, 1.82) is 0 Å². The SMILES string of the molecule is CCCOc1ccc2c(c1)n(C)c(=Nc1ccc(CC(F)F)cc1)n2Cc1ccc(CO)cc1. The monoisotopic (exact) mass is 465 g/mol. The summed E-state index contributed by atoms with van der Waals surface area (Å²) in [5.41, 5.74) is 5.93. The number of benzene rings is 3. The van der Waals surface area contributed by atoms with Gasteiger partial charge in [-0.25, -0.2) is 13.8 Å². The number of aromatic nitrogens is 2. The summed E-state index contributed by atoms with van der Waals surface area (Å²) in [5, 5.41) is 9.35. The van der Waals surface area contributed by atoms with Gasteiger partial charge in [0.25, 0.3) is 0 Å². The Labute approximate surface area is 197 Å². The fourth-order valence-corrected chi connectivity index (χ4v) is 3.93. The Kier molecular flexibility index (Phi) is 7.43. The summed E-state index contributed by atoms with van der Waals surface area (Å²) in [4.78, 5) is 4.88. The minimum absolute atomic E-state index is 0.00433. The molecule has 4 rings (SSSR count). The Morgan fingerprint density at radius 2 is 1.59 bits per heavy atom. The third kappa shape index (κ3) is 5.37. The summed E-state index contributed by atoms with van der Waals surface area (Å²) in [6.07, 6.45) is -1.71. The zero-order valence-electron chi connectivity index (χ0n) is 19.4. The molecule has 0 saturated carbocycles. The van der Waals surface area contributed by atoms with Crippen molar-refractivity contribution in [3.05, 3.63) is 89.0 Å². The van der Waals surface area contributed by atoms with Crippen LogP contribution in [0.1, 0.15) is 30.0 Å². The van der Waals surface area contributed by atoms with Crippen molar-refractivity contribution < 1.29 is 18.6 Å². The molecule has 5 nitrogen and oxygen atoms in total. The summed E-state index contributed by atoms with van der Waals surface area (Å²) < 4.78 is 35.4. The van der Waals surface area contributed by atoms with Crippen LogP contribution in [0.5, 0.6) is 5.75 Å². The molecule has 0 atom stereocenters. The molecule has 3 aromatic carbocycles. The largest absolute Gasteiger partial charge is 0.494 e. The highest BCUT2D eigenvalue weighted by atomic mass is 19.3. The lowest BCUT2D eigenvalue weighted by molar-refractivity contribution is 0.149. The first-order valence-corrected chi connectivity index (χ1v) is 11.4. The molecule has 0 unspecified atom stereocenters. The number of fused-ring (bicyclic) bond motifs is 1. The number of rotatable bonds is 9. The van der Waals surface area contributed by atoms with E-state index in [4.69, 9.17) is 9.73 Å². The zero-order valence-corrected chi connectivity index (χ0v) is 19.4. The molecule has 0 radical (unpaired) electrons. The molecule has 0 aliphatic heterocycles. The number of alkyl halides is 2. The molecule has 0 aliphatic rings. The van der Waals surface area contributed by atoms with E-state index in [1.54, 1.807) is 24.3 Å². The van der Waals surface area contributed by atoms with Crippen LogP contribution >= 0.6 is 0 Å². The third-order valence-corrected chi connectivity index (χ3v) is 5.71. The summed E-state index contributed by atoms with van der Waals surface area (Å²) in [5.74, 6) is 0.803. The van der Waals surface area contributed by atoms with Gasteiger partial charge in [0.15, 0.2) is 0 Å². The predicted molar refractivity (Wildman–Crippen MR) is 130 cm³/mol. The van der Waals surface area contributed by atoms with E-state index in [0.29, 0.717) is 24.4 Å². The molecule has 1 N–H and O–H groups in total. The van der Waals surface area contributed by atoms with Crippen molar-refractivity contribution in [2.45, 2.75) is 39.3 Å². The van der Waals surface area contributed by atoms with Crippen LogP contribution in [0, 0.1) is 0 Å². The first-order chi connectivity index (χ1) is 16.5. The van der Waals surface area contributed by atoms with Gasteiger partial charge in [-0.1, -0.05) is 43.3 Å². The van der Waals surface area contributed by atoms with Gasteiger partial charge in [-0.05, 0) is 47.4 Å². The Morgan fingerprint density at radius 3 is 2.24 bits per heavy atom. The molecule has 4 aromatic rings. The predicted octanol–water partition coefficient (Wildman–Crippen LogP) is 5.35. The minimum Gasteiger partial charge on any atom is -0.494 e. The quantitative estimate of drug-likeness (QED) is 0.362. The second-order valence-electron chi connectivity index (χ2n) is 8.29. The molecule has 178 valence electrons. The summed E-state index contributed by atoms with van der Waals surface area (Å²) >= 11 is 0. The van der Waals surface area contributed by atoms with Gasteiger partial charge in [0, 0.05) is 19.5 Å². The van der Waals surface area contributed by atoms with Crippen molar-refractivity contribution in [2.75, 3.05) is 6.61 Å². The highest BCUT2D eigenvalue weighted by molar-refractivity contribution is 5.78. The summed E-state index contributed by atoms with van der Waals surface area (Å²) in [7, 11) is 1.96. The van der Waals surface area contributed by atoms with Gasteiger partial charge in [0.1, 0.15) is 5.75 Å². The Hall–Kier alpha value is -3.45. The Morgan fingerprint density at radius 1 is 0.912 bits per heavy atom.